The molecule has 0 saturated carbocycles. The van der Waals surface area contributed by atoms with Crippen molar-refractivity contribution < 1.29 is 4.39 Å². The number of rotatable bonds is 3. The van der Waals surface area contributed by atoms with Crippen LogP contribution < -0.4 is 5.32 Å². The van der Waals surface area contributed by atoms with Crippen LogP contribution in [0.15, 0.2) is 16.6 Å². The molecule has 102 valence electrons. The topological polar surface area (TPSA) is 29.9 Å². The number of halogens is 4. The van der Waals surface area contributed by atoms with Crippen LogP contribution in [0.4, 0.5) is 10.1 Å². The minimum absolute atomic E-state index is 0.310. The number of benzene rings is 1. The number of nitrogens with zero attached hydrogens (tertiary/aromatic N) is 2. The van der Waals surface area contributed by atoms with Gasteiger partial charge in [0.25, 0.3) is 0 Å². The highest BCUT2D eigenvalue weighted by molar-refractivity contribution is 9.10. The summed E-state index contributed by atoms with van der Waals surface area (Å²) in [5, 5.41) is 8.24. The van der Waals surface area contributed by atoms with E-state index in [1.165, 1.54) is 12.1 Å². The molecular formula is C12H11BrCl2FN3. The summed E-state index contributed by atoms with van der Waals surface area (Å²) in [5.74, 6) is -0.391. The molecule has 2 aromatic rings. The van der Waals surface area contributed by atoms with Gasteiger partial charge < -0.3 is 5.32 Å². The van der Waals surface area contributed by atoms with Crippen LogP contribution in [0.5, 0.6) is 0 Å². The van der Waals surface area contributed by atoms with Gasteiger partial charge in [-0.05, 0) is 35.0 Å². The van der Waals surface area contributed by atoms with E-state index in [1.54, 1.807) is 11.7 Å². The van der Waals surface area contributed by atoms with Gasteiger partial charge in [0, 0.05) is 23.6 Å². The average molecular weight is 367 g/mol. The Morgan fingerprint density at radius 1 is 1.42 bits per heavy atom. The van der Waals surface area contributed by atoms with Gasteiger partial charge in [0.05, 0.1) is 16.4 Å². The molecule has 1 aromatic heterocycles. The second kappa shape index (κ2) is 5.69. The Morgan fingerprint density at radius 2 is 2.11 bits per heavy atom. The Balaban J connectivity index is 2.24. The van der Waals surface area contributed by atoms with Crippen molar-refractivity contribution in [1.82, 2.24) is 9.78 Å². The van der Waals surface area contributed by atoms with Gasteiger partial charge in [-0.15, -0.1) is 0 Å². The summed E-state index contributed by atoms with van der Waals surface area (Å²) in [6.07, 6.45) is 0. The predicted octanol–water partition coefficient (Wildman–Crippen LogP) is 4.55. The molecule has 0 aliphatic heterocycles. The summed E-state index contributed by atoms with van der Waals surface area (Å²) >= 11 is 15.4. The summed E-state index contributed by atoms with van der Waals surface area (Å²) in [6, 6.07) is 2.61. The molecule has 0 radical (unpaired) electrons. The van der Waals surface area contributed by atoms with Gasteiger partial charge in [0.1, 0.15) is 11.0 Å². The number of aryl methyl sites for hydroxylation is 2. The molecule has 1 N–H and O–H groups in total. The molecule has 0 unspecified atom stereocenters. The van der Waals surface area contributed by atoms with E-state index in [0.717, 1.165) is 11.3 Å². The zero-order chi connectivity index (χ0) is 14.2. The zero-order valence-electron chi connectivity index (χ0n) is 10.3. The first-order valence-corrected chi connectivity index (χ1v) is 7.01. The zero-order valence-corrected chi connectivity index (χ0v) is 13.4. The van der Waals surface area contributed by atoms with Crippen molar-refractivity contribution in [3.8, 4) is 0 Å². The Kier molecular flexibility index (Phi) is 4.38. The third-order valence-electron chi connectivity index (χ3n) is 2.72. The lowest BCUT2D eigenvalue weighted by Gasteiger charge is -2.10. The van der Waals surface area contributed by atoms with E-state index in [1.807, 2.05) is 6.92 Å². The largest absolute Gasteiger partial charge is 0.379 e. The van der Waals surface area contributed by atoms with E-state index in [0.29, 0.717) is 26.9 Å². The van der Waals surface area contributed by atoms with Gasteiger partial charge in [-0.3, -0.25) is 4.68 Å². The molecule has 0 amide bonds. The van der Waals surface area contributed by atoms with Crippen LogP contribution in [0.2, 0.25) is 10.2 Å². The highest BCUT2D eigenvalue weighted by Crippen LogP contribution is 2.32. The molecule has 1 heterocycles. The third kappa shape index (κ3) is 3.04. The normalized spacial score (nSPS) is 10.8. The Labute approximate surface area is 128 Å². The van der Waals surface area contributed by atoms with Crippen LogP contribution in [0.1, 0.15) is 11.3 Å². The van der Waals surface area contributed by atoms with Crippen molar-refractivity contribution >= 4 is 44.8 Å². The van der Waals surface area contributed by atoms with E-state index < -0.39 is 5.82 Å². The number of nitrogens with one attached hydrogen (secondary N) is 1. The van der Waals surface area contributed by atoms with E-state index >= 15 is 0 Å². The van der Waals surface area contributed by atoms with Gasteiger partial charge >= 0.3 is 0 Å². The van der Waals surface area contributed by atoms with Crippen LogP contribution in [0, 0.1) is 12.7 Å². The Hall–Kier alpha value is -0.780. The second-order valence-electron chi connectivity index (χ2n) is 4.08. The number of hydrogen-bond acceptors (Lipinski definition) is 2. The SMILES string of the molecule is Cc1nn(C)c(Cl)c1CNc1c(Cl)cc(F)cc1Br. The molecule has 0 aliphatic rings. The van der Waals surface area contributed by atoms with Gasteiger partial charge in [-0.1, -0.05) is 23.2 Å². The van der Waals surface area contributed by atoms with Crippen molar-refractivity contribution in [2.24, 2.45) is 7.05 Å². The molecule has 0 atom stereocenters. The van der Waals surface area contributed by atoms with Crippen molar-refractivity contribution in [3.63, 3.8) is 0 Å². The molecule has 0 aliphatic carbocycles. The molecular weight excluding hydrogens is 356 g/mol. The Bertz CT molecular complexity index is 605. The fourth-order valence-corrected chi connectivity index (χ4v) is 2.96. The molecule has 0 bridgehead atoms. The third-order valence-corrected chi connectivity index (χ3v) is 4.11. The van der Waals surface area contributed by atoms with Gasteiger partial charge in [-0.25, -0.2) is 4.39 Å². The van der Waals surface area contributed by atoms with Crippen LogP contribution in [0.3, 0.4) is 0 Å². The lowest BCUT2D eigenvalue weighted by atomic mass is 10.2. The van der Waals surface area contributed by atoms with Crippen LogP contribution in [-0.4, -0.2) is 9.78 Å². The number of hydrogen-bond donors (Lipinski definition) is 1. The lowest BCUT2D eigenvalue weighted by molar-refractivity contribution is 0.627. The standard InChI is InChI=1S/C12H11BrCl2FN3/c1-6-8(12(15)19(2)18-6)5-17-11-9(13)3-7(16)4-10(11)14/h3-4,17H,5H2,1-2H3. The van der Waals surface area contributed by atoms with E-state index in [2.05, 4.69) is 26.3 Å². The van der Waals surface area contributed by atoms with Crippen LogP contribution in [0.25, 0.3) is 0 Å². The molecule has 19 heavy (non-hydrogen) atoms. The van der Waals surface area contributed by atoms with Gasteiger partial charge in [0.15, 0.2) is 0 Å². The first kappa shape index (κ1) is 14.6. The average Bonchev–Trinajstić information content (AvgIpc) is 2.53. The van der Waals surface area contributed by atoms with Crippen molar-refractivity contribution in [2.75, 3.05) is 5.32 Å². The van der Waals surface area contributed by atoms with Crippen molar-refractivity contribution in [2.45, 2.75) is 13.5 Å². The van der Waals surface area contributed by atoms with Crippen molar-refractivity contribution in [3.05, 3.63) is 43.9 Å². The highest BCUT2D eigenvalue weighted by Gasteiger charge is 2.13. The Morgan fingerprint density at radius 3 is 2.63 bits per heavy atom. The summed E-state index contributed by atoms with van der Waals surface area (Å²) in [4.78, 5) is 0. The second-order valence-corrected chi connectivity index (χ2v) is 5.70. The summed E-state index contributed by atoms with van der Waals surface area (Å²) in [6.45, 7) is 2.34. The molecule has 0 fully saturated rings. The summed E-state index contributed by atoms with van der Waals surface area (Å²) in [5.41, 5.74) is 2.35. The minimum Gasteiger partial charge on any atom is -0.379 e. The van der Waals surface area contributed by atoms with Crippen molar-refractivity contribution in [1.29, 1.82) is 0 Å². The maximum atomic E-state index is 13.1. The van der Waals surface area contributed by atoms with E-state index in [4.69, 9.17) is 23.2 Å². The van der Waals surface area contributed by atoms with Crippen LogP contribution >= 0.6 is 39.1 Å². The molecule has 0 saturated heterocycles. The molecule has 1 aromatic carbocycles. The molecule has 3 nitrogen and oxygen atoms in total. The monoisotopic (exact) mass is 365 g/mol. The summed E-state index contributed by atoms with van der Waals surface area (Å²) in [7, 11) is 1.78. The molecule has 2 rings (SSSR count). The van der Waals surface area contributed by atoms with Gasteiger partial charge in [0.2, 0.25) is 0 Å². The maximum Gasteiger partial charge on any atom is 0.131 e. The first-order valence-electron chi connectivity index (χ1n) is 5.46. The van der Waals surface area contributed by atoms with E-state index in [9.17, 15) is 4.39 Å². The number of anilines is 1. The quantitative estimate of drug-likeness (QED) is 0.863. The fourth-order valence-electron chi connectivity index (χ4n) is 1.76. The van der Waals surface area contributed by atoms with Gasteiger partial charge in [-0.2, -0.15) is 5.10 Å². The smallest absolute Gasteiger partial charge is 0.131 e. The number of aromatic nitrogens is 2. The minimum atomic E-state index is -0.391. The molecule has 7 heteroatoms. The summed E-state index contributed by atoms with van der Waals surface area (Å²) < 4.78 is 15.3. The fraction of sp³-hybridized carbons (Fsp3) is 0.250. The molecule has 0 spiro atoms. The van der Waals surface area contributed by atoms with E-state index in [-0.39, 0.29) is 0 Å². The highest BCUT2D eigenvalue weighted by atomic mass is 79.9. The lowest BCUT2D eigenvalue weighted by Crippen LogP contribution is -2.02. The van der Waals surface area contributed by atoms with Crippen LogP contribution in [-0.2, 0) is 13.6 Å². The first-order chi connectivity index (χ1) is 8.90. The predicted molar refractivity (Wildman–Crippen MR) is 79.4 cm³/mol. The maximum absolute atomic E-state index is 13.1.